The quantitative estimate of drug-likeness (QED) is 0.424. The Labute approximate surface area is 92.1 Å². The molecule has 92 valence electrons. The molecule has 0 aromatic heterocycles. The molecule has 2 atom stereocenters. The second-order valence-electron chi connectivity index (χ2n) is 3.49. The van der Waals surface area contributed by atoms with Gasteiger partial charge in [-0.05, 0) is 20.3 Å². The molecular weight excluding hydrogens is 220 g/mol. The molecule has 0 spiro atoms. The van der Waals surface area contributed by atoms with E-state index in [0.29, 0.717) is 0 Å². The summed E-state index contributed by atoms with van der Waals surface area (Å²) in [5.41, 5.74) is 0. The van der Waals surface area contributed by atoms with Crippen LogP contribution in [-0.4, -0.2) is 29.6 Å². The van der Waals surface area contributed by atoms with E-state index < -0.39 is 23.6 Å². The first-order valence-corrected chi connectivity index (χ1v) is 4.91. The average Bonchev–Trinajstić information content (AvgIpc) is 2.54. The van der Waals surface area contributed by atoms with Gasteiger partial charge in [-0.15, -0.1) is 4.89 Å². The second-order valence-corrected chi connectivity index (χ2v) is 3.49. The fourth-order valence-electron chi connectivity index (χ4n) is 1.41. The van der Waals surface area contributed by atoms with Crippen LogP contribution >= 0.6 is 0 Å². The van der Waals surface area contributed by atoms with Crippen molar-refractivity contribution < 1.29 is 34.2 Å². The highest BCUT2D eigenvalue weighted by atomic mass is 17.3. The highest BCUT2D eigenvalue weighted by Crippen LogP contribution is 2.34. The van der Waals surface area contributed by atoms with E-state index in [0.717, 1.165) is 0 Å². The normalized spacial score (nSPS) is 28.9. The van der Waals surface area contributed by atoms with Crippen molar-refractivity contribution in [1.82, 2.24) is 0 Å². The van der Waals surface area contributed by atoms with Gasteiger partial charge in [-0.25, -0.2) is 10.1 Å². The Balaban J connectivity index is 2.51. The zero-order valence-electron chi connectivity index (χ0n) is 9.10. The number of rotatable bonds is 5. The third kappa shape index (κ3) is 2.69. The molecule has 0 saturated carbocycles. The number of hydrogen-bond donors (Lipinski definition) is 1. The predicted molar refractivity (Wildman–Crippen MR) is 48.7 cm³/mol. The lowest BCUT2D eigenvalue weighted by Gasteiger charge is -2.20. The fraction of sp³-hybridized carbons (Fsp3) is 0.778. The Bertz CT molecular complexity index is 277. The van der Waals surface area contributed by atoms with E-state index in [-0.39, 0.29) is 19.4 Å². The molecule has 1 aliphatic rings. The zero-order chi connectivity index (χ0) is 12.2. The fourth-order valence-corrected chi connectivity index (χ4v) is 1.41. The van der Waals surface area contributed by atoms with Crippen LogP contribution in [0.1, 0.15) is 26.7 Å². The zero-order valence-corrected chi connectivity index (χ0v) is 9.10. The van der Waals surface area contributed by atoms with Crippen molar-refractivity contribution in [3.05, 3.63) is 0 Å². The Morgan fingerprint density at radius 1 is 1.62 bits per heavy atom. The van der Waals surface area contributed by atoms with E-state index in [4.69, 9.17) is 9.99 Å². The van der Waals surface area contributed by atoms with Crippen molar-refractivity contribution in [3.63, 3.8) is 0 Å². The third-order valence-corrected chi connectivity index (χ3v) is 2.33. The molecule has 1 heterocycles. The predicted octanol–water partition coefficient (Wildman–Crippen LogP) is 0.640. The molecule has 16 heavy (non-hydrogen) atoms. The molecule has 0 amide bonds. The first kappa shape index (κ1) is 12.9. The van der Waals surface area contributed by atoms with Gasteiger partial charge >= 0.3 is 11.9 Å². The van der Waals surface area contributed by atoms with Crippen molar-refractivity contribution in [1.29, 1.82) is 0 Å². The molecule has 0 aromatic rings. The average molecular weight is 234 g/mol. The van der Waals surface area contributed by atoms with E-state index in [1.165, 1.54) is 6.92 Å². The van der Waals surface area contributed by atoms with Crippen LogP contribution in [-0.2, 0) is 29.0 Å². The minimum absolute atomic E-state index is 0.0237. The molecule has 1 N–H and O–H groups in total. The van der Waals surface area contributed by atoms with Gasteiger partial charge in [0.2, 0.25) is 0 Å². The Hall–Kier alpha value is -1.18. The summed E-state index contributed by atoms with van der Waals surface area (Å²) in [6.07, 6.45) is 0.143. The topological polar surface area (TPSA) is 91.3 Å². The van der Waals surface area contributed by atoms with Gasteiger partial charge in [0.15, 0.2) is 0 Å². The summed E-state index contributed by atoms with van der Waals surface area (Å²) in [6, 6.07) is 0. The molecule has 0 aromatic carbocycles. The molecule has 1 saturated heterocycles. The monoisotopic (exact) mass is 234 g/mol. The van der Waals surface area contributed by atoms with Gasteiger partial charge in [0.05, 0.1) is 6.61 Å². The third-order valence-electron chi connectivity index (χ3n) is 2.33. The van der Waals surface area contributed by atoms with Crippen LogP contribution in [0.3, 0.4) is 0 Å². The lowest BCUT2D eigenvalue weighted by molar-refractivity contribution is -0.459. The molecule has 0 aliphatic carbocycles. The minimum atomic E-state index is -1.57. The maximum absolute atomic E-state index is 11.2. The number of ether oxygens (including phenoxy) is 1. The van der Waals surface area contributed by atoms with Crippen LogP contribution in [0.25, 0.3) is 0 Å². The standard InChI is InChI=1S/C9H14O7/c1-3-13-7(10)5-4-6-8(11)14-16-9(6,2)15-12/h6,12H,3-5H2,1-2H3. The van der Waals surface area contributed by atoms with Crippen LogP contribution in [0, 0.1) is 5.92 Å². The number of carbonyl (C=O) groups is 2. The summed E-state index contributed by atoms with van der Waals surface area (Å²) >= 11 is 0. The van der Waals surface area contributed by atoms with E-state index in [9.17, 15) is 9.59 Å². The van der Waals surface area contributed by atoms with Crippen molar-refractivity contribution in [2.75, 3.05) is 6.61 Å². The van der Waals surface area contributed by atoms with Gasteiger partial charge in [-0.3, -0.25) is 9.68 Å². The SMILES string of the molecule is CCOC(=O)CCC1C(=O)OOC1(C)OO. The van der Waals surface area contributed by atoms with Gasteiger partial charge in [0.25, 0.3) is 5.79 Å². The number of esters is 1. The molecule has 2 unspecified atom stereocenters. The van der Waals surface area contributed by atoms with Gasteiger partial charge in [-0.2, -0.15) is 4.89 Å². The van der Waals surface area contributed by atoms with E-state index in [1.54, 1.807) is 6.92 Å². The van der Waals surface area contributed by atoms with Crippen molar-refractivity contribution in [2.45, 2.75) is 32.5 Å². The summed E-state index contributed by atoms with van der Waals surface area (Å²) in [7, 11) is 0. The molecule has 1 fully saturated rings. The molecule has 1 rings (SSSR count). The van der Waals surface area contributed by atoms with Gasteiger partial charge in [0, 0.05) is 6.42 Å². The van der Waals surface area contributed by atoms with Crippen LogP contribution in [0.2, 0.25) is 0 Å². The van der Waals surface area contributed by atoms with Crippen molar-refractivity contribution in [3.8, 4) is 0 Å². The number of carbonyl (C=O) groups excluding carboxylic acids is 2. The first-order chi connectivity index (χ1) is 7.53. The van der Waals surface area contributed by atoms with Crippen molar-refractivity contribution in [2.24, 2.45) is 5.92 Å². The smallest absolute Gasteiger partial charge is 0.351 e. The van der Waals surface area contributed by atoms with E-state index in [2.05, 4.69) is 14.7 Å². The summed E-state index contributed by atoms with van der Waals surface area (Å²) in [6.45, 7) is 3.30. The lowest BCUT2D eigenvalue weighted by Crippen LogP contribution is -2.36. The Morgan fingerprint density at radius 3 is 2.88 bits per heavy atom. The molecule has 1 aliphatic heterocycles. The maximum Gasteiger partial charge on any atom is 0.351 e. The van der Waals surface area contributed by atoms with Crippen LogP contribution in [0.15, 0.2) is 0 Å². The van der Waals surface area contributed by atoms with Gasteiger partial charge < -0.3 is 4.74 Å². The maximum atomic E-state index is 11.2. The van der Waals surface area contributed by atoms with E-state index in [1.807, 2.05) is 0 Å². The Morgan fingerprint density at radius 2 is 2.31 bits per heavy atom. The molecule has 0 bridgehead atoms. The van der Waals surface area contributed by atoms with Gasteiger partial charge in [0.1, 0.15) is 5.92 Å². The molecular formula is C9H14O7. The largest absolute Gasteiger partial charge is 0.466 e. The Kier molecular flexibility index (Phi) is 4.22. The highest BCUT2D eigenvalue weighted by molar-refractivity contribution is 5.76. The molecule has 7 nitrogen and oxygen atoms in total. The number of hydrogen-bond acceptors (Lipinski definition) is 7. The minimum Gasteiger partial charge on any atom is -0.466 e. The van der Waals surface area contributed by atoms with Gasteiger partial charge in [-0.1, -0.05) is 0 Å². The summed E-state index contributed by atoms with van der Waals surface area (Å²) in [4.78, 5) is 35.2. The van der Waals surface area contributed by atoms with Crippen LogP contribution < -0.4 is 0 Å². The highest BCUT2D eigenvalue weighted by Gasteiger charge is 2.51. The lowest BCUT2D eigenvalue weighted by atomic mass is 9.95. The summed E-state index contributed by atoms with van der Waals surface area (Å²) in [5.74, 6) is -3.53. The summed E-state index contributed by atoms with van der Waals surface area (Å²) in [5, 5.41) is 8.61. The molecule has 7 heteroatoms. The van der Waals surface area contributed by atoms with Crippen molar-refractivity contribution >= 4 is 11.9 Å². The van der Waals surface area contributed by atoms with Crippen LogP contribution in [0.4, 0.5) is 0 Å². The van der Waals surface area contributed by atoms with Crippen LogP contribution in [0.5, 0.6) is 0 Å². The molecule has 0 radical (unpaired) electrons. The first-order valence-electron chi connectivity index (χ1n) is 4.91. The summed E-state index contributed by atoms with van der Waals surface area (Å²) < 4.78 is 4.70. The second kappa shape index (κ2) is 5.24. The van der Waals surface area contributed by atoms with E-state index >= 15 is 0 Å².